The number of hydrogen-bond acceptors (Lipinski definition) is 4. The lowest BCUT2D eigenvalue weighted by atomic mass is 10.5. The largest absolute Gasteiger partial charge is 0.374 e. The Morgan fingerprint density at radius 3 is 2.93 bits per heavy atom. The molecule has 0 radical (unpaired) electrons. The van der Waals surface area contributed by atoms with Crippen molar-refractivity contribution in [1.82, 2.24) is 9.78 Å². The van der Waals surface area contributed by atoms with Crippen molar-refractivity contribution in [1.29, 1.82) is 0 Å². The van der Waals surface area contributed by atoms with Gasteiger partial charge in [0, 0.05) is 0 Å². The second-order valence-electron chi connectivity index (χ2n) is 2.96. The third-order valence-electron chi connectivity index (χ3n) is 1.97. The van der Waals surface area contributed by atoms with Crippen LogP contribution in [0.15, 0.2) is 11.0 Å². The molecule has 82 valence electrons. The minimum absolute atomic E-state index is 0.0548. The van der Waals surface area contributed by atoms with E-state index < -0.39 is 11.8 Å². The summed E-state index contributed by atoms with van der Waals surface area (Å²) in [4.78, 5) is 11.6. The zero-order valence-electron chi connectivity index (χ0n) is 7.65. The molecule has 15 heavy (non-hydrogen) atoms. The van der Waals surface area contributed by atoms with Crippen LogP contribution in [0.25, 0.3) is 0 Å². The average molecular weight is 251 g/mol. The van der Waals surface area contributed by atoms with Crippen molar-refractivity contribution >= 4 is 23.2 Å². The van der Waals surface area contributed by atoms with Crippen molar-refractivity contribution in [2.45, 2.75) is 6.23 Å². The van der Waals surface area contributed by atoms with E-state index in [9.17, 15) is 4.79 Å². The summed E-state index contributed by atoms with van der Waals surface area (Å²) in [5.41, 5.74) is -0.473. The quantitative estimate of drug-likeness (QED) is 0.749. The minimum Gasteiger partial charge on any atom is -0.374 e. The van der Waals surface area contributed by atoms with E-state index in [0.29, 0.717) is 13.2 Å². The molecule has 1 unspecified atom stereocenters. The molecule has 0 aromatic carbocycles. The van der Waals surface area contributed by atoms with Crippen LogP contribution in [0.5, 0.6) is 0 Å². The number of nitrogens with zero attached hydrogens (tertiary/aromatic N) is 2. The number of ether oxygens (including phenoxy) is 2. The van der Waals surface area contributed by atoms with E-state index in [1.54, 1.807) is 0 Å². The molecule has 2 rings (SSSR count). The highest BCUT2D eigenvalue weighted by atomic mass is 35.5. The highest BCUT2D eigenvalue weighted by molar-refractivity contribution is 6.41. The van der Waals surface area contributed by atoms with Gasteiger partial charge >= 0.3 is 0 Å². The molecule has 5 nitrogen and oxygen atoms in total. The second-order valence-corrected chi connectivity index (χ2v) is 3.74. The number of rotatable bonds is 1. The van der Waals surface area contributed by atoms with Gasteiger partial charge in [0.05, 0.1) is 31.0 Å². The molecule has 0 saturated carbocycles. The van der Waals surface area contributed by atoms with Crippen LogP contribution in [0.4, 0.5) is 0 Å². The average Bonchev–Trinajstić information content (AvgIpc) is 2.27. The Morgan fingerprint density at radius 1 is 1.47 bits per heavy atom. The van der Waals surface area contributed by atoms with Crippen molar-refractivity contribution in [2.24, 2.45) is 0 Å². The summed E-state index contributed by atoms with van der Waals surface area (Å²) in [6, 6.07) is 0. The van der Waals surface area contributed by atoms with Gasteiger partial charge in [-0.05, 0) is 0 Å². The van der Waals surface area contributed by atoms with Crippen LogP contribution in [0.2, 0.25) is 10.0 Å². The Labute approximate surface area is 95.5 Å². The van der Waals surface area contributed by atoms with Crippen molar-refractivity contribution < 1.29 is 9.47 Å². The molecule has 1 fully saturated rings. The van der Waals surface area contributed by atoms with Gasteiger partial charge in [-0.2, -0.15) is 9.78 Å². The maximum Gasteiger partial charge on any atom is 0.289 e. The van der Waals surface area contributed by atoms with E-state index in [-0.39, 0.29) is 16.7 Å². The standard InChI is InChI=1S/C8H8Cl2N2O3/c9-5-3-11-12(8(13)7(5)10)6-4-14-1-2-15-6/h3,6H,1-2,4H2. The van der Waals surface area contributed by atoms with E-state index in [1.165, 1.54) is 6.20 Å². The molecule has 1 aromatic heterocycles. The topological polar surface area (TPSA) is 53.4 Å². The zero-order valence-corrected chi connectivity index (χ0v) is 9.16. The summed E-state index contributed by atoms with van der Waals surface area (Å²) in [5.74, 6) is 0. The summed E-state index contributed by atoms with van der Waals surface area (Å²) < 4.78 is 11.6. The van der Waals surface area contributed by atoms with E-state index >= 15 is 0 Å². The maximum absolute atomic E-state index is 11.6. The van der Waals surface area contributed by atoms with Crippen molar-refractivity contribution in [2.75, 3.05) is 19.8 Å². The van der Waals surface area contributed by atoms with Crippen LogP contribution in [-0.2, 0) is 9.47 Å². The fraction of sp³-hybridized carbons (Fsp3) is 0.500. The normalized spacial score (nSPS) is 21.6. The second kappa shape index (κ2) is 4.49. The van der Waals surface area contributed by atoms with Gasteiger partial charge in [-0.15, -0.1) is 0 Å². The van der Waals surface area contributed by atoms with Gasteiger partial charge in [-0.1, -0.05) is 23.2 Å². The van der Waals surface area contributed by atoms with Crippen molar-refractivity contribution in [3.8, 4) is 0 Å². The van der Waals surface area contributed by atoms with E-state index in [0.717, 1.165) is 4.68 Å². The number of aromatic nitrogens is 2. The Kier molecular flexibility index (Phi) is 3.25. The van der Waals surface area contributed by atoms with Gasteiger partial charge < -0.3 is 9.47 Å². The summed E-state index contributed by atoms with van der Waals surface area (Å²) in [6.07, 6.45) is 0.782. The third-order valence-corrected chi connectivity index (χ3v) is 2.72. The number of hydrogen-bond donors (Lipinski definition) is 0. The highest BCUT2D eigenvalue weighted by Crippen LogP contribution is 2.17. The number of halogens is 2. The van der Waals surface area contributed by atoms with Gasteiger partial charge in [0.25, 0.3) is 5.56 Å². The summed E-state index contributed by atoms with van der Waals surface area (Å²) in [5, 5.41) is 3.92. The lowest BCUT2D eigenvalue weighted by Crippen LogP contribution is -2.35. The van der Waals surface area contributed by atoms with E-state index in [1.807, 2.05) is 0 Å². The molecular weight excluding hydrogens is 243 g/mol. The molecule has 1 aromatic rings. The molecular formula is C8H8Cl2N2O3. The van der Waals surface area contributed by atoms with Crippen LogP contribution in [0.1, 0.15) is 6.23 Å². The molecule has 1 saturated heterocycles. The molecule has 2 heterocycles. The maximum atomic E-state index is 11.6. The lowest BCUT2D eigenvalue weighted by molar-refractivity contribution is -0.129. The van der Waals surface area contributed by atoms with Crippen molar-refractivity contribution in [3.05, 3.63) is 26.6 Å². The predicted octanol–water partition coefficient (Wildman–Crippen LogP) is 1.10. The lowest BCUT2D eigenvalue weighted by Gasteiger charge is -2.23. The molecule has 1 atom stereocenters. The monoisotopic (exact) mass is 250 g/mol. The van der Waals surface area contributed by atoms with Crippen molar-refractivity contribution in [3.63, 3.8) is 0 Å². The fourth-order valence-corrected chi connectivity index (χ4v) is 1.51. The van der Waals surface area contributed by atoms with Crippen LogP contribution in [0, 0.1) is 0 Å². The SMILES string of the molecule is O=c1c(Cl)c(Cl)cnn1C1COCCO1. The van der Waals surface area contributed by atoms with Gasteiger partial charge in [-0.25, -0.2) is 0 Å². The van der Waals surface area contributed by atoms with Crippen LogP contribution in [-0.4, -0.2) is 29.6 Å². The Balaban J connectivity index is 2.35. The van der Waals surface area contributed by atoms with Crippen LogP contribution in [0.3, 0.4) is 0 Å². The van der Waals surface area contributed by atoms with E-state index in [2.05, 4.69) is 5.10 Å². The predicted molar refractivity (Wildman–Crippen MR) is 54.3 cm³/mol. The minimum atomic E-state index is -0.527. The molecule has 0 amide bonds. The fourth-order valence-electron chi connectivity index (χ4n) is 1.25. The molecule has 0 bridgehead atoms. The molecule has 0 N–H and O–H groups in total. The first-order valence-corrected chi connectivity index (χ1v) is 5.08. The van der Waals surface area contributed by atoms with Crippen LogP contribution < -0.4 is 5.56 Å². The molecule has 0 spiro atoms. The van der Waals surface area contributed by atoms with Gasteiger partial charge in [0.15, 0.2) is 6.23 Å². The Bertz CT molecular complexity index is 415. The van der Waals surface area contributed by atoms with Gasteiger partial charge in [0.1, 0.15) is 5.02 Å². The van der Waals surface area contributed by atoms with E-state index in [4.69, 9.17) is 32.7 Å². The first-order chi connectivity index (χ1) is 7.20. The smallest absolute Gasteiger partial charge is 0.289 e. The zero-order chi connectivity index (χ0) is 10.8. The summed E-state index contributed by atoms with van der Waals surface area (Å²) in [6.45, 7) is 1.23. The first kappa shape index (κ1) is 10.9. The highest BCUT2D eigenvalue weighted by Gasteiger charge is 2.20. The Morgan fingerprint density at radius 2 is 2.27 bits per heavy atom. The molecule has 7 heteroatoms. The van der Waals surface area contributed by atoms with Crippen LogP contribution >= 0.6 is 23.2 Å². The summed E-state index contributed by atoms with van der Waals surface area (Å²) in [7, 11) is 0. The molecule has 1 aliphatic heterocycles. The van der Waals surface area contributed by atoms with Gasteiger partial charge in [0.2, 0.25) is 0 Å². The first-order valence-electron chi connectivity index (χ1n) is 4.32. The van der Waals surface area contributed by atoms with Gasteiger partial charge in [-0.3, -0.25) is 4.79 Å². The Hall–Kier alpha value is -0.620. The molecule has 0 aliphatic carbocycles. The third kappa shape index (κ3) is 2.15. The molecule has 1 aliphatic rings. The summed E-state index contributed by atoms with van der Waals surface area (Å²) >= 11 is 11.3.